The summed E-state index contributed by atoms with van der Waals surface area (Å²) in [6.07, 6.45) is 0.815. The van der Waals surface area contributed by atoms with Gasteiger partial charge in [0.05, 0.1) is 13.0 Å². The molecule has 0 saturated carbocycles. The molecule has 4 nitrogen and oxygen atoms in total. The second-order valence-electron chi connectivity index (χ2n) is 2.86. The first-order chi connectivity index (χ1) is 6.15. The first-order valence-corrected chi connectivity index (χ1v) is 4.25. The summed E-state index contributed by atoms with van der Waals surface area (Å²) in [6, 6.07) is 0. The Hall–Kier alpha value is -1.32. The number of ketones is 1. The van der Waals surface area contributed by atoms with Gasteiger partial charge in [-0.05, 0) is 18.9 Å². The van der Waals surface area contributed by atoms with Gasteiger partial charge in [0.1, 0.15) is 0 Å². The predicted octanol–water partition coefficient (Wildman–Crippen LogP) is 1.11. The number of rotatable bonds is 3. The summed E-state index contributed by atoms with van der Waals surface area (Å²) in [5, 5.41) is 9.20. The smallest absolute Gasteiger partial charge is 0.310 e. The van der Waals surface area contributed by atoms with Crippen LogP contribution in [0.1, 0.15) is 26.2 Å². The van der Waals surface area contributed by atoms with Crippen LogP contribution in [0.15, 0.2) is 11.3 Å². The highest BCUT2D eigenvalue weighted by atomic mass is 16.5. The van der Waals surface area contributed by atoms with E-state index >= 15 is 0 Å². The van der Waals surface area contributed by atoms with Crippen molar-refractivity contribution in [3.05, 3.63) is 11.3 Å². The van der Waals surface area contributed by atoms with E-state index in [0.29, 0.717) is 25.0 Å². The molecule has 4 heteroatoms. The van der Waals surface area contributed by atoms with E-state index in [-0.39, 0.29) is 18.0 Å². The Kier molecular flexibility index (Phi) is 3.06. The summed E-state index contributed by atoms with van der Waals surface area (Å²) >= 11 is 0. The first kappa shape index (κ1) is 9.77. The highest BCUT2D eigenvalue weighted by Gasteiger charge is 2.23. The molecule has 0 aromatic heterocycles. The van der Waals surface area contributed by atoms with Crippen LogP contribution in [0.5, 0.6) is 0 Å². The molecule has 13 heavy (non-hydrogen) atoms. The quantitative estimate of drug-likeness (QED) is 0.667. The van der Waals surface area contributed by atoms with E-state index in [1.807, 2.05) is 0 Å². The van der Waals surface area contributed by atoms with Crippen LogP contribution in [0.25, 0.3) is 0 Å². The molecule has 1 N–H and O–H groups in total. The number of Topliss-reactive ketones (excluding diaryl/α,β-unsaturated/α-hetero) is 1. The number of aliphatic hydroxyl groups is 1. The minimum absolute atomic E-state index is 0.0331. The number of aliphatic hydroxyl groups excluding tert-OH is 1. The topological polar surface area (TPSA) is 63.6 Å². The van der Waals surface area contributed by atoms with Gasteiger partial charge in [-0.25, -0.2) is 0 Å². The van der Waals surface area contributed by atoms with Crippen LogP contribution in [0.3, 0.4) is 0 Å². The number of allylic oxidation sites excluding steroid dienone is 1. The fourth-order valence-electron chi connectivity index (χ4n) is 1.26. The van der Waals surface area contributed by atoms with Crippen LogP contribution >= 0.6 is 0 Å². The van der Waals surface area contributed by atoms with Gasteiger partial charge in [0, 0.05) is 6.42 Å². The monoisotopic (exact) mass is 184 g/mol. The van der Waals surface area contributed by atoms with Gasteiger partial charge in [0.25, 0.3) is 0 Å². The third-order valence-electron chi connectivity index (χ3n) is 1.92. The van der Waals surface area contributed by atoms with Gasteiger partial charge in [0.2, 0.25) is 0 Å². The molecule has 0 atom stereocenters. The Morgan fingerprint density at radius 3 is 2.69 bits per heavy atom. The van der Waals surface area contributed by atoms with Crippen molar-refractivity contribution in [2.24, 2.45) is 0 Å². The fourth-order valence-corrected chi connectivity index (χ4v) is 1.26. The van der Waals surface area contributed by atoms with E-state index in [1.54, 1.807) is 6.92 Å². The van der Waals surface area contributed by atoms with E-state index in [1.165, 1.54) is 0 Å². The van der Waals surface area contributed by atoms with E-state index in [4.69, 9.17) is 4.74 Å². The van der Waals surface area contributed by atoms with E-state index in [2.05, 4.69) is 0 Å². The molecule has 0 aromatic rings. The maximum absolute atomic E-state index is 11.0. The lowest BCUT2D eigenvalue weighted by Gasteiger charge is -2.01. The normalized spacial score (nSPS) is 16.5. The Bertz CT molecular complexity index is 265. The van der Waals surface area contributed by atoms with E-state index < -0.39 is 5.97 Å². The second-order valence-corrected chi connectivity index (χ2v) is 2.86. The van der Waals surface area contributed by atoms with Crippen molar-refractivity contribution in [1.82, 2.24) is 0 Å². The largest absolute Gasteiger partial charge is 0.504 e. The number of hydrogen-bond donors (Lipinski definition) is 1. The zero-order valence-corrected chi connectivity index (χ0v) is 7.50. The SMILES string of the molecule is CCOC(=O)CC1=C(O)C(=O)CC1. The fraction of sp³-hybridized carbons (Fsp3) is 0.556. The lowest BCUT2D eigenvalue weighted by Crippen LogP contribution is -2.05. The molecule has 1 aliphatic rings. The lowest BCUT2D eigenvalue weighted by molar-refractivity contribution is -0.142. The van der Waals surface area contributed by atoms with Gasteiger partial charge < -0.3 is 9.84 Å². The Morgan fingerprint density at radius 2 is 2.23 bits per heavy atom. The van der Waals surface area contributed by atoms with Crippen LogP contribution < -0.4 is 0 Å². The minimum atomic E-state index is -0.390. The van der Waals surface area contributed by atoms with Crippen molar-refractivity contribution in [2.75, 3.05) is 6.61 Å². The summed E-state index contributed by atoms with van der Waals surface area (Å²) in [5.74, 6) is -0.911. The summed E-state index contributed by atoms with van der Waals surface area (Å²) in [7, 11) is 0. The number of carbonyl (C=O) groups is 2. The predicted molar refractivity (Wildman–Crippen MR) is 45.1 cm³/mol. The molecule has 0 radical (unpaired) electrons. The molecule has 0 spiro atoms. The molecular formula is C9H12O4. The summed E-state index contributed by atoms with van der Waals surface area (Å²) in [5.41, 5.74) is 0.503. The van der Waals surface area contributed by atoms with Crippen molar-refractivity contribution >= 4 is 11.8 Å². The van der Waals surface area contributed by atoms with Crippen molar-refractivity contribution in [3.8, 4) is 0 Å². The molecule has 0 saturated heterocycles. The Labute approximate surface area is 76.2 Å². The first-order valence-electron chi connectivity index (χ1n) is 4.25. The van der Waals surface area contributed by atoms with Crippen LogP contribution in [0.2, 0.25) is 0 Å². The van der Waals surface area contributed by atoms with Gasteiger partial charge in [-0.1, -0.05) is 0 Å². The average molecular weight is 184 g/mol. The van der Waals surface area contributed by atoms with Gasteiger partial charge in [-0.15, -0.1) is 0 Å². The number of esters is 1. The zero-order valence-electron chi connectivity index (χ0n) is 7.50. The molecule has 72 valence electrons. The third kappa shape index (κ3) is 2.31. The molecule has 0 fully saturated rings. The third-order valence-corrected chi connectivity index (χ3v) is 1.92. The number of hydrogen-bond acceptors (Lipinski definition) is 4. The van der Waals surface area contributed by atoms with Crippen LogP contribution in [-0.2, 0) is 14.3 Å². The van der Waals surface area contributed by atoms with Crippen molar-refractivity contribution in [1.29, 1.82) is 0 Å². The summed E-state index contributed by atoms with van der Waals surface area (Å²) in [6.45, 7) is 2.03. The lowest BCUT2D eigenvalue weighted by atomic mass is 10.1. The number of carbonyl (C=O) groups excluding carboxylic acids is 2. The van der Waals surface area contributed by atoms with Crippen molar-refractivity contribution in [2.45, 2.75) is 26.2 Å². The van der Waals surface area contributed by atoms with Gasteiger partial charge >= 0.3 is 5.97 Å². The number of ether oxygens (including phenoxy) is 1. The van der Waals surface area contributed by atoms with Crippen LogP contribution in [-0.4, -0.2) is 23.5 Å². The Balaban J connectivity index is 2.54. The molecule has 0 unspecified atom stereocenters. The molecule has 0 aliphatic heterocycles. The van der Waals surface area contributed by atoms with Crippen LogP contribution in [0.4, 0.5) is 0 Å². The molecular weight excluding hydrogens is 172 g/mol. The standard InChI is InChI=1S/C9H12O4/c1-2-13-8(11)5-6-3-4-7(10)9(6)12/h12H,2-5H2,1H3. The molecule has 0 heterocycles. The van der Waals surface area contributed by atoms with Crippen molar-refractivity contribution < 1.29 is 19.4 Å². The maximum Gasteiger partial charge on any atom is 0.310 e. The second kappa shape index (κ2) is 4.07. The summed E-state index contributed by atoms with van der Waals surface area (Å²) < 4.78 is 4.69. The average Bonchev–Trinajstić information content (AvgIpc) is 2.37. The molecule has 1 rings (SSSR count). The maximum atomic E-state index is 11.0. The highest BCUT2D eigenvalue weighted by molar-refractivity contribution is 5.97. The van der Waals surface area contributed by atoms with Crippen LogP contribution in [0, 0.1) is 0 Å². The van der Waals surface area contributed by atoms with Gasteiger partial charge in [-0.2, -0.15) is 0 Å². The van der Waals surface area contributed by atoms with E-state index in [9.17, 15) is 14.7 Å². The van der Waals surface area contributed by atoms with Crippen molar-refractivity contribution in [3.63, 3.8) is 0 Å². The van der Waals surface area contributed by atoms with Gasteiger partial charge in [0.15, 0.2) is 11.5 Å². The minimum Gasteiger partial charge on any atom is -0.504 e. The summed E-state index contributed by atoms with van der Waals surface area (Å²) in [4.78, 5) is 21.8. The highest BCUT2D eigenvalue weighted by Crippen LogP contribution is 2.23. The zero-order chi connectivity index (χ0) is 9.84. The molecule has 1 aliphatic carbocycles. The molecule has 0 aromatic carbocycles. The Morgan fingerprint density at radius 1 is 1.54 bits per heavy atom. The van der Waals surface area contributed by atoms with E-state index in [0.717, 1.165) is 0 Å². The molecule has 0 amide bonds. The van der Waals surface area contributed by atoms with Gasteiger partial charge in [-0.3, -0.25) is 9.59 Å². The molecule has 0 bridgehead atoms.